The molecule has 0 spiro atoms. The molecule has 2 aliphatic heterocycles. The first kappa shape index (κ1) is 19.0. The molecule has 1 N–H and O–H groups in total. The summed E-state index contributed by atoms with van der Waals surface area (Å²) in [5, 5.41) is 10.4. The number of amides is 1. The van der Waals surface area contributed by atoms with Gasteiger partial charge in [-0.1, -0.05) is 18.2 Å². The van der Waals surface area contributed by atoms with Gasteiger partial charge in [0.25, 0.3) is 0 Å². The number of hydrogen-bond donors (Lipinski definition) is 1. The Morgan fingerprint density at radius 3 is 2.50 bits per heavy atom. The molecule has 2 aromatic rings. The second-order valence-electron chi connectivity index (χ2n) is 7.99. The minimum atomic E-state index is -0.909. The molecule has 0 unspecified atom stereocenters. The average Bonchev–Trinajstić information content (AvgIpc) is 3.26. The minimum absolute atomic E-state index is 0.0538. The van der Waals surface area contributed by atoms with Crippen molar-refractivity contribution >= 4 is 22.8 Å². The van der Waals surface area contributed by atoms with E-state index in [0.29, 0.717) is 5.69 Å². The third-order valence-corrected chi connectivity index (χ3v) is 6.24. The van der Waals surface area contributed by atoms with Crippen LogP contribution in [0.25, 0.3) is 10.9 Å². The van der Waals surface area contributed by atoms with E-state index in [1.165, 1.54) is 0 Å². The van der Waals surface area contributed by atoms with Gasteiger partial charge in [-0.3, -0.25) is 14.6 Å². The molecular weight excluding hydrogens is 356 g/mol. The van der Waals surface area contributed by atoms with E-state index >= 15 is 0 Å². The van der Waals surface area contributed by atoms with Crippen LogP contribution in [0, 0.1) is 0 Å². The Morgan fingerprint density at radius 1 is 1.11 bits per heavy atom. The fourth-order valence-corrected chi connectivity index (χ4v) is 4.63. The second kappa shape index (κ2) is 7.56. The highest BCUT2D eigenvalue weighted by Gasteiger charge is 2.32. The summed E-state index contributed by atoms with van der Waals surface area (Å²) < 4.78 is 1.77. The third kappa shape index (κ3) is 3.40. The summed E-state index contributed by atoms with van der Waals surface area (Å²) in [6, 6.07) is 7.80. The number of piperazine rings is 1. The lowest BCUT2D eigenvalue weighted by molar-refractivity contribution is -0.137. The number of aromatic carboxylic acids is 1. The largest absolute Gasteiger partial charge is 0.477 e. The smallest absolute Gasteiger partial charge is 0.352 e. The second-order valence-corrected chi connectivity index (χ2v) is 7.99. The molecule has 2 aliphatic rings. The Kier molecular flexibility index (Phi) is 5.12. The Balaban J connectivity index is 1.44. The molecule has 0 radical (unpaired) electrons. The Labute approximate surface area is 165 Å². The molecule has 150 valence electrons. The van der Waals surface area contributed by atoms with Gasteiger partial charge in [0, 0.05) is 45.2 Å². The van der Waals surface area contributed by atoms with Crippen LogP contribution in [0.2, 0.25) is 0 Å². The van der Waals surface area contributed by atoms with E-state index in [2.05, 4.69) is 15.9 Å². The van der Waals surface area contributed by atoms with Crippen LogP contribution in [0.3, 0.4) is 0 Å². The van der Waals surface area contributed by atoms with Gasteiger partial charge in [-0.15, -0.1) is 0 Å². The lowest BCUT2D eigenvalue weighted by atomic mass is 10.1. The predicted molar refractivity (Wildman–Crippen MR) is 107 cm³/mol. The summed E-state index contributed by atoms with van der Waals surface area (Å²) >= 11 is 0. The zero-order chi connectivity index (χ0) is 19.8. The number of aryl methyl sites for hydroxylation is 1. The number of likely N-dealkylation sites (N-methyl/N-ethyl adjacent to an activating group) is 1. The summed E-state index contributed by atoms with van der Waals surface area (Å²) in [5.74, 6) is -0.635. The number of likely N-dealkylation sites (tertiary alicyclic amines) is 1. The quantitative estimate of drug-likeness (QED) is 0.868. The highest BCUT2D eigenvalue weighted by Crippen LogP contribution is 2.25. The Bertz CT molecular complexity index is 898. The topological polar surface area (TPSA) is 69.0 Å². The van der Waals surface area contributed by atoms with Gasteiger partial charge in [0.15, 0.2) is 0 Å². The maximum Gasteiger partial charge on any atom is 0.352 e. The first-order chi connectivity index (χ1) is 13.5. The zero-order valence-electron chi connectivity index (χ0n) is 16.6. The third-order valence-electron chi connectivity index (χ3n) is 6.24. The molecule has 7 heteroatoms. The van der Waals surface area contributed by atoms with Gasteiger partial charge in [0.05, 0.1) is 11.6 Å². The fraction of sp³-hybridized carbons (Fsp3) is 0.524. The Hall–Kier alpha value is -2.38. The lowest BCUT2D eigenvalue weighted by Gasteiger charge is -2.37. The molecule has 1 aromatic carbocycles. The number of fused-ring (bicyclic) bond motifs is 1. The number of carbonyl (C=O) groups excluding carboxylic acids is 1. The van der Waals surface area contributed by atoms with Crippen molar-refractivity contribution in [1.29, 1.82) is 0 Å². The summed E-state index contributed by atoms with van der Waals surface area (Å²) in [6.07, 6.45) is 2.07. The number of rotatable bonds is 4. The number of carboxylic acid groups (broad SMARTS) is 1. The summed E-state index contributed by atoms with van der Waals surface area (Å²) in [7, 11) is 3.85. The maximum absolute atomic E-state index is 12.8. The van der Waals surface area contributed by atoms with E-state index < -0.39 is 5.97 Å². The molecule has 0 bridgehead atoms. The first-order valence-corrected chi connectivity index (χ1v) is 9.97. The van der Waals surface area contributed by atoms with Crippen molar-refractivity contribution in [1.82, 2.24) is 19.3 Å². The zero-order valence-corrected chi connectivity index (χ0v) is 16.6. The van der Waals surface area contributed by atoms with Crippen LogP contribution in [0.4, 0.5) is 0 Å². The van der Waals surface area contributed by atoms with Crippen molar-refractivity contribution in [3.05, 3.63) is 35.5 Å². The molecule has 28 heavy (non-hydrogen) atoms. The molecule has 2 fully saturated rings. The van der Waals surface area contributed by atoms with Crippen LogP contribution in [-0.2, 0) is 18.4 Å². The molecule has 1 amide bonds. The number of para-hydroxylation sites is 1. The molecular formula is C21H28N4O3. The van der Waals surface area contributed by atoms with Crippen LogP contribution in [0.1, 0.15) is 28.9 Å². The number of benzene rings is 1. The van der Waals surface area contributed by atoms with Crippen molar-refractivity contribution in [2.24, 2.45) is 7.05 Å². The molecule has 1 aromatic heterocycles. The van der Waals surface area contributed by atoms with Gasteiger partial charge in [0.1, 0.15) is 5.69 Å². The summed E-state index contributed by atoms with van der Waals surface area (Å²) in [4.78, 5) is 30.8. The van der Waals surface area contributed by atoms with Crippen molar-refractivity contribution in [2.75, 3.05) is 39.8 Å². The van der Waals surface area contributed by atoms with E-state index in [-0.39, 0.29) is 11.9 Å². The number of carbonyl (C=O) groups is 2. The fourth-order valence-electron chi connectivity index (χ4n) is 4.63. The lowest BCUT2D eigenvalue weighted by Crippen LogP contribution is -2.52. The van der Waals surface area contributed by atoms with E-state index in [4.69, 9.17) is 0 Å². The molecule has 1 atom stereocenters. The summed E-state index contributed by atoms with van der Waals surface area (Å²) in [5.41, 5.74) is 2.41. The monoisotopic (exact) mass is 384 g/mol. The molecule has 4 rings (SSSR count). The van der Waals surface area contributed by atoms with Crippen molar-refractivity contribution in [3.63, 3.8) is 0 Å². The van der Waals surface area contributed by atoms with Crippen LogP contribution in [-0.4, -0.2) is 82.1 Å². The van der Waals surface area contributed by atoms with Crippen molar-refractivity contribution in [3.8, 4) is 0 Å². The molecule has 3 heterocycles. The molecule has 7 nitrogen and oxygen atoms in total. The van der Waals surface area contributed by atoms with Gasteiger partial charge in [-0.05, 0) is 38.1 Å². The van der Waals surface area contributed by atoms with Gasteiger partial charge >= 0.3 is 5.97 Å². The molecule has 0 aliphatic carbocycles. The van der Waals surface area contributed by atoms with Gasteiger partial charge in [-0.25, -0.2) is 4.79 Å². The minimum Gasteiger partial charge on any atom is -0.477 e. The highest BCUT2D eigenvalue weighted by atomic mass is 16.4. The average molecular weight is 384 g/mol. The number of carboxylic acids is 1. The Morgan fingerprint density at radius 2 is 1.86 bits per heavy atom. The van der Waals surface area contributed by atoms with E-state index in [1.54, 1.807) is 10.6 Å². The van der Waals surface area contributed by atoms with E-state index in [1.807, 2.05) is 31.1 Å². The van der Waals surface area contributed by atoms with Gasteiger partial charge in [0.2, 0.25) is 5.91 Å². The van der Waals surface area contributed by atoms with Gasteiger partial charge < -0.3 is 14.6 Å². The molecule has 0 saturated carbocycles. The number of hydrogen-bond acceptors (Lipinski definition) is 4. The number of aromatic nitrogens is 1. The maximum atomic E-state index is 12.8. The van der Waals surface area contributed by atoms with E-state index in [9.17, 15) is 14.7 Å². The highest BCUT2D eigenvalue weighted by molar-refractivity contribution is 5.95. The van der Waals surface area contributed by atoms with Crippen LogP contribution in [0.5, 0.6) is 0 Å². The normalized spacial score (nSPS) is 21.5. The van der Waals surface area contributed by atoms with Gasteiger partial charge in [-0.2, -0.15) is 0 Å². The van der Waals surface area contributed by atoms with E-state index in [0.717, 1.165) is 68.6 Å². The summed E-state index contributed by atoms with van der Waals surface area (Å²) in [6.45, 7) is 4.97. The SMILES string of the molecule is CN1CCC[C@@H]1C(=O)N1CCN(Cc2cccc3cc(C(=O)O)n(C)c23)CC1. The standard InChI is InChI=1S/C21H28N4O3/c1-22-8-4-7-17(22)20(26)25-11-9-24(10-12-25)14-16-6-3-5-15-13-18(21(27)28)23(2)19(15)16/h3,5-6,13,17H,4,7-12,14H2,1-2H3,(H,27,28)/t17-/m1/s1. The predicted octanol–water partition coefficient (Wildman–Crippen LogP) is 1.61. The van der Waals surface area contributed by atoms with Crippen LogP contribution < -0.4 is 0 Å². The molecule has 2 saturated heterocycles. The number of nitrogens with zero attached hydrogens (tertiary/aromatic N) is 4. The van der Waals surface area contributed by atoms with Crippen LogP contribution in [0.15, 0.2) is 24.3 Å². The van der Waals surface area contributed by atoms with Crippen molar-refractivity contribution in [2.45, 2.75) is 25.4 Å². The van der Waals surface area contributed by atoms with Crippen molar-refractivity contribution < 1.29 is 14.7 Å². The van der Waals surface area contributed by atoms with Crippen LogP contribution >= 0.6 is 0 Å². The first-order valence-electron chi connectivity index (χ1n) is 9.97.